The van der Waals surface area contributed by atoms with E-state index in [0.29, 0.717) is 12.8 Å². The molecule has 0 aromatic rings. The highest BCUT2D eigenvalue weighted by atomic mass is 16.3. The van der Waals surface area contributed by atoms with Crippen LogP contribution in [0.15, 0.2) is 72.9 Å². The van der Waals surface area contributed by atoms with E-state index in [2.05, 4.69) is 92.1 Å². The molecule has 0 saturated heterocycles. The smallest absolute Gasteiger partial charge is 0.220 e. The van der Waals surface area contributed by atoms with Crippen molar-refractivity contribution in [1.29, 1.82) is 0 Å². The molecule has 0 bridgehead atoms. The van der Waals surface area contributed by atoms with Crippen LogP contribution in [-0.4, -0.2) is 34.9 Å². The van der Waals surface area contributed by atoms with Crippen LogP contribution in [0, 0.1) is 0 Å². The van der Waals surface area contributed by atoms with Crippen LogP contribution in [-0.2, 0) is 4.79 Å². The van der Waals surface area contributed by atoms with Gasteiger partial charge >= 0.3 is 0 Å². The van der Waals surface area contributed by atoms with E-state index < -0.39 is 12.1 Å². The van der Waals surface area contributed by atoms with Gasteiger partial charge in [0, 0.05) is 6.42 Å². The Morgan fingerprint density at radius 2 is 0.710 bits per heavy atom. The van der Waals surface area contributed by atoms with Crippen LogP contribution in [0.2, 0.25) is 0 Å². The first-order chi connectivity index (χ1) is 30.7. The monoisotopic (exact) mass is 864 g/mol. The highest BCUT2D eigenvalue weighted by Crippen LogP contribution is 2.17. The molecule has 0 aliphatic carbocycles. The highest BCUT2D eigenvalue weighted by molar-refractivity contribution is 5.76. The van der Waals surface area contributed by atoms with E-state index >= 15 is 0 Å². The molecule has 360 valence electrons. The van der Waals surface area contributed by atoms with Crippen LogP contribution in [0.1, 0.15) is 271 Å². The summed E-state index contributed by atoms with van der Waals surface area (Å²) >= 11 is 0. The summed E-state index contributed by atoms with van der Waals surface area (Å²) in [6.45, 7) is 4.25. The maximum Gasteiger partial charge on any atom is 0.220 e. The van der Waals surface area contributed by atoms with Crippen molar-refractivity contribution in [3.8, 4) is 0 Å². The minimum Gasteiger partial charge on any atom is -0.394 e. The number of allylic oxidation sites excluding steroid dienone is 12. The number of amides is 1. The molecule has 2 atom stereocenters. The van der Waals surface area contributed by atoms with Crippen molar-refractivity contribution in [3.05, 3.63) is 72.9 Å². The zero-order valence-corrected chi connectivity index (χ0v) is 41.4. The lowest BCUT2D eigenvalue weighted by atomic mass is 10.0. The van der Waals surface area contributed by atoms with Crippen molar-refractivity contribution in [3.63, 3.8) is 0 Å². The predicted molar refractivity (Wildman–Crippen MR) is 276 cm³/mol. The lowest BCUT2D eigenvalue weighted by Gasteiger charge is -2.22. The van der Waals surface area contributed by atoms with Gasteiger partial charge in [-0.15, -0.1) is 0 Å². The molecule has 0 rings (SSSR count). The van der Waals surface area contributed by atoms with Crippen molar-refractivity contribution < 1.29 is 15.0 Å². The number of aliphatic hydroxyl groups is 2. The maximum absolute atomic E-state index is 12.5. The summed E-state index contributed by atoms with van der Waals surface area (Å²) in [5, 5.41) is 23.3. The fraction of sp³-hybridized carbons (Fsp3) is 0.776. The number of nitrogens with one attached hydrogen (secondary N) is 1. The third kappa shape index (κ3) is 48.9. The minimum absolute atomic E-state index is 0.0553. The van der Waals surface area contributed by atoms with Crippen LogP contribution < -0.4 is 5.32 Å². The van der Waals surface area contributed by atoms with Gasteiger partial charge in [-0.1, -0.05) is 273 Å². The van der Waals surface area contributed by atoms with Crippen LogP contribution in [0.5, 0.6) is 0 Å². The zero-order valence-electron chi connectivity index (χ0n) is 41.4. The quantitative estimate of drug-likeness (QED) is 0.0421. The Balaban J connectivity index is 3.53. The Hall–Kier alpha value is -2.17. The lowest BCUT2D eigenvalue weighted by Crippen LogP contribution is -2.45. The van der Waals surface area contributed by atoms with E-state index in [1.165, 1.54) is 161 Å². The second-order valence-electron chi connectivity index (χ2n) is 18.3. The summed E-state index contributed by atoms with van der Waals surface area (Å²) < 4.78 is 0. The Morgan fingerprint density at radius 1 is 0.403 bits per heavy atom. The Kier molecular flexibility index (Phi) is 51.3. The van der Waals surface area contributed by atoms with Crippen molar-refractivity contribution >= 4 is 5.91 Å². The molecule has 0 aromatic carbocycles. The largest absolute Gasteiger partial charge is 0.394 e. The van der Waals surface area contributed by atoms with Crippen LogP contribution in [0.25, 0.3) is 0 Å². The molecule has 3 N–H and O–H groups in total. The van der Waals surface area contributed by atoms with E-state index in [4.69, 9.17) is 0 Å². The highest BCUT2D eigenvalue weighted by Gasteiger charge is 2.20. The van der Waals surface area contributed by atoms with Gasteiger partial charge in [0.15, 0.2) is 0 Å². The van der Waals surface area contributed by atoms with Crippen LogP contribution in [0.3, 0.4) is 0 Å². The maximum atomic E-state index is 12.5. The summed E-state index contributed by atoms with van der Waals surface area (Å²) in [5.74, 6) is -0.0553. The number of carbonyl (C=O) groups is 1. The molecule has 0 aliphatic rings. The van der Waals surface area contributed by atoms with Gasteiger partial charge in [0.1, 0.15) is 0 Å². The number of hydrogen-bond acceptors (Lipinski definition) is 3. The molecule has 0 saturated carbocycles. The molecule has 0 radical (unpaired) electrons. The summed E-state index contributed by atoms with van der Waals surface area (Å²) in [6.07, 6.45) is 75.9. The molecule has 4 nitrogen and oxygen atoms in total. The standard InChI is InChI=1S/C58H105NO3/c1-3-5-7-9-11-13-15-17-19-21-23-25-27-28-29-30-32-33-35-37-39-41-43-45-47-49-51-53-57(61)56(55-60)59-58(62)54-52-50-48-46-44-42-40-38-36-34-31-26-24-22-20-18-16-14-12-10-8-6-4-2/h6,8,12,14,18,20,24,26,34,36,40,42,56-57,60-61H,3-5,7,9-11,13,15-17,19,21-23,25,27-33,35,37-39,41,43-55H2,1-2H3,(H,59,62)/b8-6-,14-12-,20-18-,26-24-,36-34-,42-40-. The normalized spacial score (nSPS) is 13.4. The van der Waals surface area contributed by atoms with Gasteiger partial charge in [0.05, 0.1) is 18.8 Å². The van der Waals surface area contributed by atoms with Gasteiger partial charge in [-0.2, -0.15) is 0 Å². The molecule has 0 aliphatic heterocycles. The number of carbonyl (C=O) groups excluding carboxylic acids is 1. The van der Waals surface area contributed by atoms with E-state index in [1.54, 1.807) is 0 Å². The summed E-state index contributed by atoms with van der Waals surface area (Å²) in [5.41, 5.74) is 0. The van der Waals surface area contributed by atoms with Crippen molar-refractivity contribution in [1.82, 2.24) is 5.32 Å². The van der Waals surface area contributed by atoms with Gasteiger partial charge < -0.3 is 15.5 Å². The number of unbranched alkanes of at least 4 members (excludes halogenated alkanes) is 30. The lowest BCUT2D eigenvalue weighted by molar-refractivity contribution is -0.123. The third-order valence-electron chi connectivity index (χ3n) is 12.2. The summed E-state index contributed by atoms with van der Waals surface area (Å²) in [6, 6.07) is -0.556. The van der Waals surface area contributed by atoms with Gasteiger partial charge in [-0.25, -0.2) is 0 Å². The van der Waals surface area contributed by atoms with Gasteiger partial charge in [-0.3, -0.25) is 4.79 Å². The molecule has 1 amide bonds. The molecule has 4 heteroatoms. The average Bonchev–Trinajstić information content (AvgIpc) is 3.28. The Morgan fingerprint density at radius 3 is 1.06 bits per heavy atom. The van der Waals surface area contributed by atoms with Crippen LogP contribution >= 0.6 is 0 Å². The fourth-order valence-corrected chi connectivity index (χ4v) is 8.13. The molecule has 0 heterocycles. The Labute approximate surface area is 387 Å². The molecular weight excluding hydrogens is 759 g/mol. The second kappa shape index (κ2) is 53.2. The molecule has 62 heavy (non-hydrogen) atoms. The molecule has 0 spiro atoms. The van der Waals surface area contributed by atoms with Crippen LogP contribution in [0.4, 0.5) is 0 Å². The Bertz CT molecular complexity index is 1070. The third-order valence-corrected chi connectivity index (χ3v) is 12.2. The minimum atomic E-state index is -0.676. The number of aliphatic hydroxyl groups excluding tert-OH is 2. The number of rotatable bonds is 49. The van der Waals surface area contributed by atoms with Gasteiger partial charge in [0.25, 0.3) is 0 Å². The van der Waals surface area contributed by atoms with E-state index in [-0.39, 0.29) is 12.5 Å². The summed E-state index contributed by atoms with van der Waals surface area (Å²) in [7, 11) is 0. The first kappa shape index (κ1) is 59.8. The van der Waals surface area contributed by atoms with Crippen molar-refractivity contribution in [2.75, 3.05) is 6.61 Å². The molecular formula is C58H105NO3. The zero-order chi connectivity index (χ0) is 44.9. The summed E-state index contributed by atoms with van der Waals surface area (Å²) in [4.78, 5) is 12.5. The fourth-order valence-electron chi connectivity index (χ4n) is 8.13. The van der Waals surface area contributed by atoms with E-state index in [1.807, 2.05) is 0 Å². The van der Waals surface area contributed by atoms with Crippen molar-refractivity contribution in [2.45, 2.75) is 283 Å². The van der Waals surface area contributed by atoms with E-state index in [9.17, 15) is 15.0 Å². The van der Waals surface area contributed by atoms with E-state index in [0.717, 1.165) is 83.5 Å². The molecule has 2 unspecified atom stereocenters. The molecule has 0 aromatic heterocycles. The number of hydrogen-bond donors (Lipinski definition) is 3. The topological polar surface area (TPSA) is 69.6 Å². The first-order valence-electron chi connectivity index (χ1n) is 27.1. The average molecular weight is 864 g/mol. The molecule has 0 fully saturated rings. The van der Waals surface area contributed by atoms with Gasteiger partial charge in [-0.05, 0) is 64.2 Å². The SMILES string of the molecule is CC/C=C\C/C=C\C/C=C\C/C=C\C/C=C\C/C=C\CCCCCCC(=O)NC(CO)C(O)CCCCCCCCCCCCCCCCCCCCCCCCCCCCC. The second-order valence-corrected chi connectivity index (χ2v) is 18.3. The predicted octanol–water partition coefficient (Wildman–Crippen LogP) is 17.8. The first-order valence-corrected chi connectivity index (χ1v) is 27.1. The van der Waals surface area contributed by atoms with Gasteiger partial charge in [0.2, 0.25) is 5.91 Å². The van der Waals surface area contributed by atoms with Crippen molar-refractivity contribution in [2.24, 2.45) is 0 Å².